The van der Waals surface area contributed by atoms with Gasteiger partial charge in [-0.05, 0) is 52.9 Å². The molecule has 0 spiro atoms. The van der Waals surface area contributed by atoms with Crippen LogP contribution in [0.5, 0.6) is 0 Å². The second-order valence-electron chi connectivity index (χ2n) is 6.56. The topological polar surface area (TPSA) is 102 Å². The summed E-state index contributed by atoms with van der Waals surface area (Å²) in [6.45, 7) is 0. The normalized spacial score (nSPS) is 10.5. The van der Waals surface area contributed by atoms with Crippen molar-refractivity contribution in [2.75, 3.05) is 16.4 Å². The SMILES string of the molecule is O=C(CSc1nnnn1-c1cccc(F)c1)Nc1ccccc1C(=O)Nc1ccccc1. The number of nitrogens with zero attached hydrogens (tertiary/aromatic N) is 4. The Morgan fingerprint density at radius 1 is 0.938 bits per heavy atom. The van der Waals surface area contributed by atoms with E-state index in [-0.39, 0.29) is 17.6 Å². The van der Waals surface area contributed by atoms with Crippen molar-refractivity contribution in [2.24, 2.45) is 0 Å². The van der Waals surface area contributed by atoms with Crippen molar-refractivity contribution in [1.29, 1.82) is 0 Å². The average Bonchev–Trinajstić information content (AvgIpc) is 3.27. The maximum absolute atomic E-state index is 13.5. The minimum absolute atomic E-state index is 0.00960. The lowest BCUT2D eigenvalue weighted by atomic mass is 10.1. The van der Waals surface area contributed by atoms with Crippen molar-refractivity contribution in [3.63, 3.8) is 0 Å². The van der Waals surface area contributed by atoms with E-state index < -0.39 is 5.82 Å². The third-order valence-electron chi connectivity index (χ3n) is 4.30. The number of thioether (sulfide) groups is 1. The van der Waals surface area contributed by atoms with Crippen molar-refractivity contribution < 1.29 is 14.0 Å². The molecule has 4 aromatic rings. The molecule has 0 atom stereocenters. The molecule has 2 amide bonds. The maximum atomic E-state index is 13.5. The van der Waals surface area contributed by atoms with Crippen LogP contribution >= 0.6 is 11.8 Å². The highest BCUT2D eigenvalue weighted by atomic mass is 32.2. The van der Waals surface area contributed by atoms with Gasteiger partial charge in [0.25, 0.3) is 5.91 Å². The summed E-state index contributed by atoms with van der Waals surface area (Å²) in [7, 11) is 0. The van der Waals surface area contributed by atoms with Gasteiger partial charge in [0.15, 0.2) is 0 Å². The molecular weight excluding hydrogens is 431 g/mol. The summed E-state index contributed by atoms with van der Waals surface area (Å²) in [5.74, 6) is -1.11. The predicted octanol–water partition coefficient (Wildman–Crippen LogP) is 3.78. The van der Waals surface area contributed by atoms with Crippen LogP contribution in [0.4, 0.5) is 15.8 Å². The highest BCUT2D eigenvalue weighted by Gasteiger charge is 2.15. The van der Waals surface area contributed by atoms with E-state index in [2.05, 4.69) is 26.2 Å². The zero-order chi connectivity index (χ0) is 22.3. The summed E-state index contributed by atoms with van der Waals surface area (Å²) < 4.78 is 14.9. The zero-order valence-electron chi connectivity index (χ0n) is 16.6. The lowest BCUT2D eigenvalue weighted by molar-refractivity contribution is -0.113. The molecule has 0 saturated heterocycles. The number of benzene rings is 3. The van der Waals surface area contributed by atoms with Crippen LogP contribution in [0.25, 0.3) is 5.69 Å². The van der Waals surface area contributed by atoms with Crippen molar-refractivity contribution in [3.8, 4) is 5.69 Å². The molecule has 32 heavy (non-hydrogen) atoms. The van der Waals surface area contributed by atoms with Crippen LogP contribution in [0.15, 0.2) is 84.0 Å². The van der Waals surface area contributed by atoms with Gasteiger partial charge < -0.3 is 10.6 Å². The third kappa shape index (κ3) is 5.16. The number of nitrogens with one attached hydrogen (secondary N) is 2. The first-order chi connectivity index (χ1) is 15.6. The summed E-state index contributed by atoms with van der Waals surface area (Å²) in [6, 6.07) is 21.6. The van der Waals surface area contributed by atoms with E-state index in [9.17, 15) is 14.0 Å². The molecule has 0 aliphatic rings. The Bertz CT molecular complexity index is 1250. The van der Waals surface area contributed by atoms with Crippen LogP contribution in [0.3, 0.4) is 0 Å². The largest absolute Gasteiger partial charge is 0.325 e. The number of para-hydroxylation sites is 2. The molecule has 0 fully saturated rings. The first kappa shape index (κ1) is 21.2. The van der Waals surface area contributed by atoms with E-state index in [1.54, 1.807) is 48.5 Å². The average molecular weight is 448 g/mol. The standard InChI is InChI=1S/C22H17FN6O2S/c23-15-7-6-10-17(13-15)29-22(26-27-28-29)32-14-20(30)25-19-12-5-4-11-18(19)21(31)24-16-8-2-1-3-9-16/h1-13H,14H2,(H,24,31)(H,25,30). The minimum atomic E-state index is -0.419. The fourth-order valence-corrected chi connectivity index (χ4v) is 3.56. The van der Waals surface area contributed by atoms with E-state index in [1.807, 2.05) is 18.2 Å². The fraction of sp³-hybridized carbons (Fsp3) is 0.0455. The van der Waals surface area contributed by atoms with Gasteiger partial charge >= 0.3 is 0 Å². The van der Waals surface area contributed by atoms with E-state index in [1.165, 1.54) is 16.8 Å². The minimum Gasteiger partial charge on any atom is -0.325 e. The highest BCUT2D eigenvalue weighted by Crippen LogP contribution is 2.21. The number of halogens is 1. The lowest BCUT2D eigenvalue weighted by Gasteiger charge is -2.11. The van der Waals surface area contributed by atoms with Gasteiger partial charge in [0, 0.05) is 5.69 Å². The first-order valence-electron chi connectivity index (χ1n) is 9.52. The molecule has 2 N–H and O–H groups in total. The molecule has 160 valence electrons. The van der Waals surface area contributed by atoms with E-state index in [0.29, 0.717) is 27.8 Å². The third-order valence-corrected chi connectivity index (χ3v) is 5.22. The van der Waals surface area contributed by atoms with Gasteiger partial charge in [-0.2, -0.15) is 4.68 Å². The molecule has 0 aliphatic heterocycles. The van der Waals surface area contributed by atoms with Gasteiger partial charge in [-0.15, -0.1) is 5.10 Å². The Morgan fingerprint density at radius 3 is 2.53 bits per heavy atom. The van der Waals surface area contributed by atoms with Crippen molar-refractivity contribution in [1.82, 2.24) is 20.2 Å². The Hall–Kier alpha value is -4.05. The Balaban J connectivity index is 1.42. The summed E-state index contributed by atoms with van der Waals surface area (Å²) in [5.41, 5.74) is 1.81. The number of tetrazole rings is 1. The molecule has 1 aromatic heterocycles. The van der Waals surface area contributed by atoms with Crippen LogP contribution in [0.2, 0.25) is 0 Å². The molecule has 0 aliphatic carbocycles. The van der Waals surface area contributed by atoms with E-state index >= 15 is 0 Å². The smallest absolute Gasteiger partial charge is 0.257 e. The van der Waals surface area contributed by atoms with Crippen molar-refractivity contribution >= 4 is 35.0 Å². The molecule has 10 heteroatoms. The molecule has 0 radical (unpaired) electrons. The van der Waals surface area contributed by atoms with Gasteiger partial charge in [0.1, 0.15) is 5.82 Å². The van der Waals surface area contributed by atoms with Crippen LogP contribution in [0, 0.1) is 5.82 Å². The monoisotopic (exact) mass is 448 g/mol. The van der Waals surface area contributed by atoms with Crippen LogP contribution in [-0.4, -0.2) is 37.8 Å². The second-order valence-corrected chi connectivity index (χ2v) is 7.50. The summed E-state index contributed by atoms with van der Waals surface area (Å²) in [5, 5.41) is 17.2. The van der Waals surface area contributed by atoms with Crippen molar-refractivity contribution in [3.05, 3.63) is 90.2 Å². The lowest BCUT2D eigenvalue weighted by Crippen LogP contribution is -2.19. The Labute approximate surface area is 186 Å². The molecular formula is C22H17FN6O2S. The first-order valence-corrected chi connectivity index (χ1v) is 10.5. The molecule has 4 rings (SSSR count). The summed E-state index contributed by atoms with van der Waals surface area (Å²) >= 11 is 1.09. The van der Waals surface area contributed by atoms with Gasteiger partial charge in [-0.25, -0.2) is 4.39 Å². The van der Waals surface area contributed by atoms with E-state index in [0.717, 1.165) is 11.8 Å². The molecule has 0 bridgehead atoms. The Kier molecular flexibility index (Phi) is 6.52. The van der Waals surface area contributed by atoms with E-state index in [4.69, 9.17) is 0 Å². The number of carbonyl (C=O) groups is 2. The fourth-order valence-electron chi connectivity index (χ4n) is 2.87. The number of rotatable bonds is 7. The molecule has 0 saturated carbocycles. The number of anilines is 2. The van der Waals surface area contributed by atoms with Gasteiger partial charge in [0.05, 0.1) is 22.7 Å². The highest BCUT2D eigenvalue weighted by molar-refractivity contribution is 7.99. The predicted molar refractivity (Wildman–Crippen MR) is 119 cm³/mol. The Morgan fingerprint density at radius 2 is 1.72 bits per heavy atom. The van der Waals surface area contributed by atoms with Gasteiger partial charge in [-0.3, -0.25) is 9.59 Å². The summed E-state index contributed by atoms with van der Waals surface area (Å²) in [4.78, 5) is 25.2. The quantitative estimate of drug-likeness (QED) is 0.417. The number of aromatic nitrogens is 4. The number of carbonyl (C=O) groups excluding carboxylic acids is 2. The van der Waals surface area contributed by atoms with Crippen LogP contribution in [-0.2, 0) is 4.79 Å². The van der Waals surface area contributed by atoms with Gasteiger partial charge in [0.2, 0.25) is 11.1 Å². The number of amides is 2. The molecule has 8 nitrogen and oxygen atoms in total. The zero-order valence-corrected chi connectivity index (χ0v) is 17.4. The maximum Gasteiger partial charge on any atom is 0.257 e. The van der Waals surface area contributed by atoms with Crippen LogP contribution < -0.4 is 10.6 Å². The number of hydrogen-bond donors (Lipinski definition) is 2. The van der Waals surface area contributed by atoms with Crippen molar-refractivity contribution in [2.45, 2.75) is 5.16 Å². The summed E-state index contributed by atoms with van der Waals surface area (Å²) in [6.07, 6.45) is 0. The van der Waals surface area contributed by atoms with Crippen LogP contribution in [0.1, 0.15) is 10.4 Å². The van der Waals surface area contributed by atoms with Gasteiger partial charge in [-0.1, -0.05) is 48.2 Å². The molecule has 3 aromatic carbocycles. The number of hydrogen-bond acceptors (Lipinski definition) is 6. The molecule has 1 heterocycles. The second kappa shape index (κ2) is 9.84. The molecule has 0 unspecified atom stereocenters.